The molecule has 1 rings (SSSR count). The van der Waals surface area contributed by atoms with E-state index < -0.39 is 0 Å². The Bertz CT molecular complexity index is 223. The van der Waals surface area contributed by atoms with Gasteiger partial charge in [-0.25, -0.2) is 11.6 Å². The molecular weight excluding hydrogens is 213 g/mol. The minimum Gasteiger partial charge on any atom is -0.399 e. The molecule has 0 saturated carbocycles. The summed E-state index contributed by atoms with van der Waals surface area (Å²) in [5.41, 5.74) is 6.58. The van der Waals surface area contributed by atoms with Gasteiger partial charge in [-0.2, -0.15) is 6.07 Å². The van der Waals surface area contributed by atoms with E-state index in [-0.39, 0.29) is 32.7 Å². The summed E-state index contributed by atoms with van der Waals surface area (Å²) in [6, 6.07) is 4.87. The third-order valence-electron chi connectivity index (χ3n) is 1.37. The van der Waals surface area contributed by atoms with Gasteiger partial charge in [0.25, 0.3) is 0 Å². The summed E-state index contributed by atoms with van der Waals surface area (Å²) in [6.07, 6.45) is 1.62. The van der Waals surface area contributed by atoms with E-state index in [0.29, 0.717) is 11.7 Å². The number of nitrogens with zero attached hydrogens (tertiary/aromatic N) is 1. The van der Waals surface area contributed by atoms with Crippen molar-refractivity contribution >= 4 is 5.82 Å². The summed E-state index contributed by atoms with van der Waals surface area (Å²) in [6.45, 7) is 4.20. The summed E-state index contributed by atoms with van der Waals surface area (Å²) in [5, 5.41) is 0. The normalized spacial score (nSPS) is 9.36. The van der Waals surface area contributed by atoms with Gasteiger partial charge in [-0.15, -0.1) is 0 Å². The average molecular weight is 224 g/mol. The van der Waals surface area contributed by atoms with Gasteiger partial charge >= 0.3 is 0 Å². The van der Waals surface area contributed by atoms with Crippen LogP contribution in [-0.4, -0.2) is 4.98 Å². The van der Waals surface area contributed by atoms with Crippen LogP contribution in [0.25, 0.3) is 0 Å². The standard InChI is InChI=1S/C8H11N2.Y/c1-6(2)7-3-4-10-8(9)5-7;/h4-6H,1-2H3,(H2,9,10);/q-1;. The van der Waals surface area contributed by atoms with E-state index in [0.717, 1.165) is 5.56 Å². The molecule has 0 fully saturated rings. The Morgan fingerprint density at radius 1 is 1.55 bits per heavy atom. The van der Waals surface area contributed by atoms with Crippen molar-refractivity contribution in [3.05, 3.63) is 23.9 Å². The summed E-state index contributed by atoms with van der Waals surface area (Å²) in [5.74, 6) is 1.05. The summed E-state index contributed by atoms with van der Waals surface area (Å²) in [4.78, 5) is 3.84. The van der Waals surface area contributed by atoms with E-state index in [1.165, 1.54) is 0 Å². The average Bonchev–Trinajstić information content (AvgIpc) is 1.88. The van der Waals surface area contributed by atoms with Crippen molar-refractivity contribution in [2.45, 2.75) is 19.8 Å². The maximum Gasteiger partial charge on any atom is 0.0384 e. The van der Waals surface area contributed by atoms with Crippen LogP contribution in [0.5, 0.6) is 0 Å². The molecule has 2 N–H and O–H groups in total. The first kappa shape index (κ1) is 11.1. The van der Waals surface area contributed by atoms with E-state index in [4.69, 9.17) is 5.73 Å². The number of nitrogens with two attached hydrogens (primary N) is 1. The molecule has 0 aliphatic heterocycles. The van der Waals surface area contributed by atoms with Crippen LogP contribution in [0.3, 0.4) is 0 Å². The summed E-state index contributed by atoms with van der Waals surface area (Å²) in [7, 11) is 0. The smallest absolute Gasteiger partial charge is 0.0384 e. The number of pyridine rings is 1. The van der Waals surface area contributed by atoms with Gasteiger partial charge in [0, 0.05) is 38.5 Å². The van der Waals surface area contributed by atoms with Crippen molar-refractivity contribution in [3.8, 4) is 0 Å². The Hall–Kier alpha value is 0.0539. The number of anilines is 1. The maximum absolute atomic E-state index is 5.47. The molecule has 2 nitrogen and oxygen atoms in total. The Morgan fingerprint density at radius 3 is 2.55 bits per heavy atom. The number of aromatic nitrogens is 1. The van der Waals surface area contributed by atoms with E-state index in [9.17, 15) is 0 Å². The van der Waals surface area contributed by atoms with Crippen molar-refractivity contribution in [1.82, 2.24) is 4.98 Å². The summed E-state index contributed by atoms with van der Waals surface area (Å²) < 4.78 is 0. The molecule has 0 saturated heterocycles. The van der Waals surface area contributed by atoms with Crippen molar-refractivity contribution in [3.63, 3.8) is 0 Å². The van der Waals surface area contributed by atoms with Crippen LogP contribution in [-0.2, 0) is 32.7 Å². The number of nitrogen functional groups attached to an aromatic ring is 1. The van der Waals surface area contributed by atoms with Gasteiger partial charge in [-0.1, -0.05) is 26.0 Å². The third kappa shape index (κ3) is 3.30. The second-order valence-corrected chi connectivity index (χ2v) is 2.58. The van der Waals surface area contributed by atoms with Gasteiger partial charge in [0.15, 0.2) is 0 Å². The van der Waals surface area contributed by atoms with Gasteiger partial charge in [0.05, 0.1) is 0 Å². The van der Waals surface area contributed by atoms with Gasteiger partial charge in [0.2, 0.25) is 0 Å². The first-order valence-corrected chi connectivity index (χ1v) is 3.33. The van der Waals surface area contributed by atoms with Crippen LogP contribution >= 0.6 is 0 Å². The van der Waals surface area contributed by atoms with Crippen molar-refractivity contribution in [1.29, 1.82) is 0 Å². The Labute approximate surface area is 92.5 Å². The van der Waals surface area contributed by atoms with E-state index in [1.807, 2.05) is 6.07 Å². The molecule has 1 aromatic heterocycles. The zero-order valence-corrected chi connectivity index (χ0v) is 9.67. The SMILES string of the molecule is CC(C)c1[c-]cnc(N)c1.[Y]. The maximum atomic E-state index is 5.47. The topological polar surface area (TPSA) is 38.9 Å². The molecular formula is C8H11N2Y-. The minimum absolute atomic E-state index is 0. The number of hydrogen-bond donors (Lipinski definition) is 1. The van der Waals surface area contributed by atoms with Crippen LogP contribution in [0.15, 0.2) is 12.3 Å². The first-order valence-electron chi connectivity index (χ1n) is 3.33. The molecule has 0 aliphatic carbocycles. The predicted octanol–water partition coefficient (Wildman–Crippen LogP) is 1.58. The van der Waals surface area contributed by atoms with Crippen LogP contribution in [0.4, 0.5) is 5.82 Å². The fourth-order valence-electron chi connectivity index (χ4n) is 0.753. The molecule has 1 heterocycles. The Kier molecular flexibility index (Phi) is 4.86. The van der Waals surface area contributed by atoms with Crippen LogP contribution < -0.4 is 5.73 Å². The van der Waals surface area contributed by atoms with Crippen LogP contribution in [0, 0.1) is 6.07 Å². The van der Waals surface area contributed by atoms with Crippen molar-refractivity contribution in [2.75, 3.05) is 5.73 Å². The van der Waals surface area contributed by atoms with Crippen molar-refractivity contribution < 1.29 is 32.7 Å². The molecule has 11 heavy (non-hydrogen) atoms. The second kappa shape index (κ2) is 4.84. The molecule has 0 atom stereocenters. The molecule has 0 aromatic carbocycles. The Morgan fingerprint density at radius 2 is 2.18 bits per heavy atom. The molecule has 0 unspecified atom stereocenters. The molecule has 0 spiro atoms. The van der Waals surface area contributed by atoms with Gasteiger partial charge in [0.1, 0.15) is 0 Å². The summed E-state index contributed by atoms with van der Waals surface area (Å²) >= 11 is 0. The zero-order chi connectivity index (χ0) is 7.56. The third-order valence-corrected chi connectivity index (χ3v) is 1.37. The van der Waals surface area contributed by atoms with Gasteiger partial charge in [-0.3, -0.25) is 4.98 Å². The first-order chi connectivity index (χ1) is 4.70. The minimum atomic E-state index is 0. The predicted molar refractivity (Wildman–Crippen MR) is 41.6 cm³/mol. The quantitative estimate of drug-likeness (QED) is 0.735. The number of rotatable bonds is 1. The molecule has 1 aromatic rings. The largest absolute Gasteiger partial charge is 0.399 e. The van der Waals surface area contributed by atoms with Crippen LogP contribution in [0.1, 0.15) is 25.3 Å². The molecule has 57 valence electrons. The molecule has 0 aliphatic rings. The van der Waals surface area contributed by atoms with Crippen LogP contribution in [0.2, 0.25) is 0 Å². The monoisotopic (exact) mass is 224 g/mol. The van der Waals surface area contributed by atoms with E-state index in [1.54, 1.807) is 6.20 Å². The second-order valence-electron chi connectivity index (χ2n) is 2.58. The van der Waals surface area contributed by atoms with Crippen molar-refractivity contribution in [2.24, 2.45) is 0 Å². The number of hydrogen-bond acceptors (Lipinski definition) is 2. The fraction of sp³-hybridized carbons (Fsp3) is 0.375. The van der Waals surface area contributed by atoms with Gasteiger partial charge in [-0.05, 0) is 0 Å². The zero-order valence-electron chi connectivity index (χ0n) is 6.83. The Balaban J connectivity index is 0.000001000. The molecule has 0 amide bonds. The van der Waals surface area contributed by atoms with E-state index in [2.05, 4.69) is 24.9 Å². The van der Waals surface area contributed by atoms with Gasteiger partial charge < -0.3 is 5.73 Å². The fourth-order valence-corrected chi connectivity index (χ4v) is 0.753. The molecule has 1 radical (unpaired) electrons. The van der Waals surface area contributed by atoms with E-state index >= 15 is 0 Å². The molecule has 3 heteroatoms. The molecule has 0 bridgehead atoms.